The number of ether oxygens (including phenoxy) is 2. The van der Waals surface area contributed by atoms with Crippen LogP contribution in [0.3, 0.4) is 0 Å². The van der Waals surface area contributed by atoms with Gasteiger partial charge in [0.25, 0.3) is 0 Å². The molecule has 1 unspecified atom stereocenters. The molecule has 1 aliphatic rings. The highest BCUT2D eigenvalue weighted by molar-refractivity contribution is 5.91. The monoisotopic (exact) mass is 293 g/mol. The number of rotatable bonds is 5. The lowest BCUT2D eigenvalue weighted by Gasteiger charge is -2.16. The molecule has 1 aromatic carbocycles. The molecule has 1 aromatic rings. The second-order valence-electron chi connectivity index (χ2n) is 5.72. The molecule has 6 heteroatoms. The molecule has 1 aliphatic heterocycles. The van der Waals surface area contributed by atoms with Crippen LogP contribution in [0.5, 0.6) is 11.5 Å². The van der Waals surface area contributed by atoms with Gasteiger partial charge >= 0.3 is 5.97 Å². The summed E-state index contributed by atoms with van der Waals surface area (Å²) in [5.74, 6) is -0.826. The summed E-state index contributed by atoms with van der Waals surface area (Å²) in [5.41, 5.74) is 0.600. The van der Waals surface area contributed by atoms with Crippen molar-refractivity contribution in [3.05, 3.63) is 18.2 Å². The largest absolute Gasteiger partial charge is 0.481 e. The zero-order valence-electron chi connectivity index (χ0n) is 12.3. The van der Waals surface area contributed by atoms with Crippen molar-refractivity contribution in [2.45, 2.75) is 39.4 Å². The number of carbonyl (C=O) groups excluding carboxylic acids is 1. The van der Waals surface area contributed by atoms with E-state index in [9.17, 15) is 9.59 Å². The van der Waals surface area contributed by atoms with E-state index >= 15 is 0 Å². The SMILES string of the molecule is CC(CC(=O)O)CC(=O)Nc1ccc2c(c1)OC(C)(C)O2. The van der Waals surface area contributed by atoms with E-state index in [1.165, 1.54) is 0 Å². The molecule has 1 amide bonds. The Balaban J connectivity index is 1.95. The fourth-order valence-electron chi connectivity index (χ4n) is 2.20. The molecule has 0 aliphatic carbocycles. The fourth-order valence-corrected chi connectivity index (χ4v) is 2.20. The Bertz CT molecular complexity index is 567. The normalized spacial score (nSPS) is 16.3. The number of fused-ring (bicyclic) bond motifs is 1. The van der Waals surface area contributed by atoms with E-state index in [1.54, 1.807) is 39.0 Å². The number of hydrogen-bond acceptors (Lipinski definition) is 4. The summed E-state index contributed by atoms with van der Waals surface area (Å²) < 4.78 is 11.2. The van der Waals surface area contributed by atoms with Crippen LogP contribution in [-0.2, 0) is 9.59 Å². The summed E-state index contributed by atoms with van der Waals surface area (Å²) >= 11 is 0. The van der Waals surface area contributed by atoms with Gasteiger partial charge in [-0.2, -0.15) is 0 Å². The maximum Gasteiger partial charge on any atom is 0.303 e. The van der Waals surface area contributed by atoms with Gasteiger partial charge in [-0.05, 0) is 18.1 Å². The molecule has 21 heavy (non-hydrogen) atoms. The fraction of sp³-hybridized carbons (Fsp3) is 0.467. The maximum atomic E-state index is 11.9. The van der Waals surface area contributed by atoms with Crippen LogP contribution in [0.1, 0.15) is 33.6 Å². The van der Waals surface area contributed by atoms with E-state index in [0.717, 1.165) is 0 Å². The Labute approximate surface area is 123 Å². The first kappa shape index (κ1) is 15.2. The molecule has 114 valence electrons. The number of nitrogens with one attached hydrogen (secondary N) is 1. The summed E-state index contributed by atoms with van der Waals surface area (Å²) in [6.45, 7) is 5.34. The van der Waals surface area contributed by atoms with E-state index in [4.69, 9.17) is 14.6 Å². The first-order valence-electron chi connectivity index (χ1n) is 6.79. The van der Waals surface area contributed by atoms with Gasteiger partial charge in [0, 0.05) is 38.4 Å². The molecular weight excluding hydrogens is 274 g/mol. The van der Waals surface area contributed by atoms with Crippen LogP contribution in [0.4, 0.5) is 5.69 Å². The lowest BCUT2D eigenvalue weighted by Crippen LogP contribution is -2.29. The van der Waals surface area contributed by atoms with E-state index in [0.29, 0.717) is 17.2 Å². The molecule has 2 N–H and O–H groups in total. The third kappa shape index (κ3) is 4.11. The highest BCUT2D eigenvalue weighted by atomic mass is 16.7. The smallest absolute Gasteiger partial charge is 0.303 e. The van der Waals surface area contributed by atoms with Crippen LogP contribution >= 0.6 is 0 Å². The van der Waals surface area contributed by atoms with Gasteiger partial charge in [-0.25, -0.2) is 0 Å². The van der Waals surface area contributed by atoms with Gasteiger partial charge in [-0.15, -0.1) is 0 Å². The summed E-state index contributed by atoms with van der Waals surface area (Å²) in [4.78, 5) is 22.4. The number of carboxylic acids is 1. The average molecular weight is 293 g/mol. The summed E-state index contributed by atoms with van der Waals surface area (Å²) in [6.07, 6.45) is 0.134. The topological polar surface area (TPSA) is 84.9 Å². The third-order valence-corrected chi connectivity index (χ3v) is 3.00. The highest BCUT2D eigenvalue weighted by Gasteiger charge is 2.31. The molecule has 0 radical (unpaired) electrons. The molecule has 1 heterocycles. The molecule has 1 atom stereocenters. The van der Waals surface area contributed by atoms with Gasteiger partial charge in [0.2, 0.25) is 11.7 Å². The number of hydrogen-bond donors (Lipinski definition) is 2. The molecule has 0 bridgehead atoms. The van der Waals surface area contributed by atoms with Crippen molar-refractivity contribution >= 4 is 17.6 Å². The summed E-state index contributed by atoms with van der Waals surface area (Å²) in [6, 6.07) is 5.16. The van der Waals surface area contributed by atoms with E-state index < -0.39 is 11.8 Å². The van der Waals surface area contributed by atoms with Gasteiger partial charge < -0.3 is 19.9 Å². The summed E-state index contributed by atoms with van der Waals surface area (Å²) in [7, 11) is 0. The number of benzene rings is 1. The second-order valence-corrected chi connectivity index (χ2v) is 5.72. The van der Waals surface area contributed by atoms with E-state index in [1.807, 2.05) is 0 Å². The average Bonchev–Trinajstić information content (AvgIpc) is 2.60. The number of amides is 1. The van der Waals surface area contributed by atoms with Crippen LogP contribution < -0.4 is 14.8 Å². The minimum absolute atomic E-state index is 0.0251. The lowest BCUT2D eigenvalue weighted by molar-refractivity contribution is -0.138. The van der Waals surface area contributed by atoms with Crippen LogP contribution in [0, 0.1) is 5.92 Å². The number of carbonyl (C=O) groups is 2. The molecule has 0 spiro atoms. The molecule has 0 saturated heterocycles. The molecule has 2 rings (SSSR count). The van der Waals surface area contributed by atoms with E-state index in [-0.39, 0.29) is 24.7 Å². The predicted molar refractivity (Wildman–Crippen MR) is 76.4 cm³/mol. The van der Waals surface area contributed by atoms with Crippen molar-refractivity contribution in [1.82, 2.24) is 0 Å². The predicted octanol–water partition coefficient (Wildman–Crippen LogP) is 2.63. The number of anilines is 1. The van der Waals surface area contributed by atoms with Gasteiger partial charge in [-0.1, -0.05) is 6.92 Å². The molecular formula is C15H19NO5. The zero-order valence-corrected chi connectivity index (χ0v) is 12.3. The first-order chi connectivity index (χ1) is 9.75. The van der Waals surface area contributed by atoms with E-state index in [2.05, 4.69) is 5.32 Å². The summed E-state index contributed by atoms with van der Waals surface area (Å²) in [5, 5.41) is 11.4. The second kappa shape index (κ2) is 5.63. The standard InChI is InChI=1S/C15H19NO5/c1-9(7-14(18)19)6-13(17)16-10-4-5-11-12(8-10)21-15(2,3)20-11/h4-5,8-9H,6-7H2,1-3H3,(H,16,17)(H,18,19). The zero-order chi connectivity index (χ0) is 15.6. The minimum atomic E-state index is -0.902. The van der Waals surface area contributed by atoms with Crippen LogP contribution in [0.25, 0.3) is 0 Å². The van der Waals surface area contributed by atoms with Crippen molar-refractivity contribution in [2.24, 2.45) is 5.92 Å². The van der Waals surface area contributed by atoms with Crippen LogP contribution in [0.2, 0.25) is 0 Å². The maximum absolute atomic E-state index is 11.9. The molecule has 6 nitrogen and oxygen atoms in total. The van der Waals surface area contributed by atoms with Crippen molar-refractivity contribution < 1.29 is 24.2 Å². The lowest BCUT2D eigenvalue weighted by atomic mass is 10.0. The Hall–Kier alpha value is -2.24. The Morgan fingerprint density at radius 2 is 1.90 bits per heavy atom. The van der Waals surface area contributed by atoms with Gasteiger partial charge in [0.1, 0.15) is 0 Å². The Morgan fingerprint density at radius 3 is 2.57 bits per heavy atom. The van der Waals surface area contributed by atoms with Crippen LogP contribution in [0.15, 0.2) is 18.2 Å². The molecule has 0 aromatic heterocycles. The van der Waals surface area contributed by atoms with Crippen molar-refractivity contribution in [3.8, 4) is 11.5 Å². The Kier molecular flexibility index (Phi) is 4.06. The third-order valence-electron chi connectivity index (χ3n) is 3.00. The minimum Gasteiger partial charge on any atom is -0.481 e. The first-order valence-corrected chi connectivity index (χ1v) is 6.79. The van der Waals surface area contributed by atoms with Crippen molar-refractivity contribution in [3.63, 3.8) is 0 Å². The van der Waals surface area contributed by atoms with Gasteiger partial charge in [0.15, 0.2) is 11.5 Å². The van der Waals surface area contributed by atoms with Crippen molar-refractivity contribution in [2.75, 3.05) is 5.32 Å². The molecule has 0 saturated carbocycles. The number of carboxylic acid groups (broad SMARTS) is 1. The van der Waals surface area contributed by atoms with Crippen LogP contribution in [-0.4, -0.2) is 22.8 Å². The molecule has 0 fully saturated rings. The Morgan fingerprint density at radius 1 is 1.24 bits per heavy atom. The highest BCUT2D eigenvalue weighted by Crippen LogP contribution is 2.40. The van der Waals surface area contributed by atoms with Gasteiger partial charge in [0.05, 0.1) is 0 Å². The van der Waals surface area contributed by atoms with Crippen molar-refractivity contribution in [1.29, 1.82) is 0 Å². The quantitative estimate of drug-likeness (QED) is 0.871. The van der Waals surface area contributed by atoms with Gasteiger partial charge in [-0.3, -0.25) is 9.59 Å². The number of aliphatic carboxylic acids is 1.